The largest absolute Gasteiger partial charge is 0.318 e. The summed E-state index contributed by atoms with van der Waals surface area (Å²) >= 11 is 0. The van der Waals surface area contributed by atoms with Crippen LogP contribution in [0.25, 0.3) is 0 Å². The van der Waals surface area contributed by atoms with Gasteiger partial charge >= 0.3 is 0 Å². The van der Waals surface area contributed by atoms with Crippen LogP contribution >= 0.6 is 0 Å². The first-order valence-electron chi connectivity index (χ1n) is 7.56. The van der Waals surface area contributed by atoms with Crippen LogP contribution in [0.2, 0.25) is 0 Å². The van der Waals surface area contributed by atoms with E-state index in [2.05, 4.69) is 5.32 Å². The molecule has 0 bridgehead atoms. The first kappa shape index (κ1) is 18.4. The third-order valence-corrected chi connectivity index (χ3v) is 7.51. The molecule has 0 radical (unpaired) electrons. The van der Waals surface area contributed by atoms with Gasteiger partial charge in [0.15, 0.2) is 9.84 Å². The Bertz CT molecular complexity index is 801. The number of sulfonamides is 1. The van der Waals surface area contributed by atoms with Crippen LogP contribution in [0.4, 0.5) is 0 Å². The number of likely N-dealkylation sites (N-methyl/N-ethyl adjacent to an activating group) is 1. The highest BCUT2D eigenvalue weighted by Gasteiger charge is 2.36. The molecule has 8 heteroatoms. The molecule has 0 spiro atoms. The van der Waals surface area contributed by atoms with Crippen LogP contribution in [0.3, 0.4) is 0 Å². The van der Waals surface area contributed by atoms with Gasteiger partial charge in [0.25, 0.3) is 0 Å². The Hall–Kier alpha value is -0.960. The number of rotatable bonds is 5. The van der Waals surface area contributed by atoms with Gasteiger partial charge in [0.05, 0.1) is 9.79 Å². The van der Waals surface area contributed by atoms with Gasteiger partial charge in [-0.3, -0.25) is 0 Å². The fourth-order valence-corrected chi connectivity index (χ4v) is 6.29. The summed E-state index contributed by atoms with van der Waals surface area (Å²) < 4.78 is 51.6. The summed E-state index contributed by atoms with van der Waals surface area (Å²) in [6, 6.07) is 3.00. The molecule has 0 amide bonds. The van der Waals surface area contributed by atoms with Crippen molar-refractivity contribution in [2.24, 2.45) is 0 Å². The van der Waals surface area contributed by atoms with E-state index in [0.717, 1.165) is 19.1 Å². The monoisotopic (exact) mass is 360 g/mol. The standard InChI is InChI=1S/C15H24N2O4S2/c1-11-8-14(22(4,18)19)12(2)15(9-11)23(20,21)17-7-5-6-13(17)10-16-3/h8-9,13,16H,5-7,10H2,1-4H3. The lowest BCUT2D eigenvalue weighted by molar-refractivity contribution is 0.379. The molecule has 1 atom stereocenters. The summed E-state index contributed by atoms with van der Waals surface area (Å²) in [5, 5.41) is 3.02. The second kappa shape index (κ2) is 6.51. The van der Waals surface area contributed by atoms with Crippen molar-refractivity contribution in [2.75, 3.05) is 26.4 Å². The Morgan fingerprint density at radius 3 is 2.35 bits per heavy atom. The summed E-state index contributed by atoms with van der Waals surface area (Å²) in [6.07, 6.45) is 2.73. The van der Waals surface area contributed by atoms with Crippen LogP contribution in [-0.2, 0) is 19.9 Å². The molecule has 0 saturated carbocycles. The minimum Gasteiger partial charge on any atom is -0.318 e. The topological polar surface area (TPSA) is 83.6 Å². The minimum atomic E-state index is -3.72. The van der Waals surface area contributed by atoms with Gasteiger partial charge in [-0.25, -0.2) is 16.8 Å². The van der Waals surface area contributed by atoms with Crippen molar-refractivity contribution in [1.82, 2.24) is 9.62 Å². The number of benzene rings is 1. The van der Waals surface area contributed by atoms with Crippen LogP contribution in [0.1, 0.15) is 24.0 Å². The number of sulfone groups is 1. The third-order valence-electron chi connectivity index (χ3n) is 4.21. The van der Waals surface area contributed by atoms with E-state index in [-0.39, 0.29) is 15.8 Å². The lowest BCUT2D eigenvalue weighted by Gasteiger charge is -2.25. The van der Waals surface area contributed by atoms with Crippen molar-refractivity contribution in [3.8, 4) is 0 Å². The number of nitrogens with zero attached hydrogens (tertiary/aromatic N) is 1. The summed E-state index contributed by atoms with van der Waals surface area (Å²) in [5.41, 5.74) is 0.923. The van der Waals surface area contributed by atoms with E-state index in [1.54, 1.807) is 27.0 Å². The maximum atomic E-state index is 13.1. The molecule has 2 rings (SSSR count). The highest BCUT2D eigenvalue weighted by molar-refractivity contribution is 7.91. The van der Waals surface area contributed by atoms with Crippen molar-refractivity contribution in [2.45, 2.75) is 42.5 Å². The summed E-state index contributed by atoms with van der Waals surface area (Å²) in [6.45, 7) is 4.33. The maximum Gasteiger partial charge on any atom is 0.243 e. The zero-order chi connectivity index (χ0) is 17.4. The normalized spacial score (nSPS) is 20.1. The molecule has 130 valence electrons. The lowest BCUT2D eigenvalue weighted by Crippen LogP contribution is -2.41. The summed E-state index contributed by atoms with van der Waals surface area (Å²) in [4.78, 5) is 0.182. The van der Waals surface area contributed by atoms with Crippen molar-refractivity contribution >= 4 is 19.9 Å². The fraction of sp³-hybridized carbons (Fsp3) is 0.600. The number of nitrogens with one attached hydrogen (secondary N) is 1. The molecule has 6 nitrogen and oxygen atoms in total. The van der Waals surface area contributed by atoms with Crippen LogP contribution in [0.5, 0.6) is 0 Å². The molecule has 1 saturated heterocycles. The molecule has 1 heterocycles. The van der Waals surface area contributed by atoms with Gasteiger partial charge in [0, 0.05) is 25.4 Å². The van der Waals surface area contributed by atoms with Crippen molar-refractivity contribution in [1.29, 1.82) is 0 Å². The van der Waals surface area contributed by atoms with Crippen LogP contribution in [-0.4, -0.2) is 53.6 Å². The smallest absolute Gasteiger partial charge is 0.243 e. The van der Waals surface area contributed by atoms with Crippen molar-refractivity contribution in [3.05, 3.63) is 23.3 Å². The highest BCUT2D eigenvalue weighted by atomic mass is 32.2. The molecule has 23 heavy (non-hydrogen) atoms. The van der Waals surface area contributed by atoms with E-state index in [1.807, 2.05) is 0 Å². The van der Waals surface area contributed by atoms with Gasteiger partial charge in [-0.15, -0.1) is 0 Å². The molecule has 1 aliphatic rings. The second-order valence-corrected chi connectivity index (χ2v) is 9.97. The summed E-state index contributed by atoms with van der Waals surface area (Å²) in [7, 11) is -5.40. The SMILES string of the molecule is CNCC1CCCN1S(=O)(=O)c1cc(C)cc(S(C)(=O)=O)c1C. The first-order chi connectivity index (χ1) is 10.6. The molecule has 1 unspecified atom stereocenters. The minimum absolute atomic E-state index is 0.0837. The molecule has 1 N–H and O–H groups in total. The number of aryl methyl sites for hydroxylation is 1. The Labute approximate surface area is 138 Å². The quantitative estimate of drug-likeness (QED) is 0.849. The van der Waals surface area contributed by atoms with E-state index in [4.69, 9.17) is 0 Å². The average molecular weight is 361 g/mol. The lowest BCUT2D eigenvalue weighted by atomic mass is 10.2. The predicted octanol–water partition coefficient (Wildman–Crippen LogP) is 1.08. The molecule has 1 aromatic rings. The zero-order valence-corrected chi connectivity index (χ0v) is 15.6. The van der Waals surface area contributed by atoms with Crippen molar-refractivity contribution < 1.29 is 16.8 Å². The van der Waals surface area contributed by atoms with E-state index in [9.17, 15) is 16.8 Å². The predicted molar refractivity (Wildman–Crippen MR) is 89.9 cm³/mol. The molecule has 0 aliphatic carbocycles. The number of hydrogen-bond donors (Lipinski definition) is 1. The maximum absolute atomic E-state index is 13.1. The van der Waals surface area contributed by atoms with Gasteiger partial charge < -0.3 is 5.32 Å². The highest BCUT2D eigenvalue weighted by Crippen LogP contribution is 2.31. The second-order valence-electron chi connectivity index (χ2n) is 6.13. The average Bonchev–Trinajstić information content (AvgIpc) is 2.89. The van der Waals surface area contributed by atoms with E-state index in [0.29, 0.717) is 24.2 Å². The van der Waals surface area contributed by atoms with Crippen LogP contribution in [0, 0.1) is 13.8 Å². The third kappa shape index (κ3) is 3.60. The Morgan fingerprint density at radius 1 is 1.17 bits per heavy atom. The van der Waals surface area contributed by atoms with E-state index in [1.165, 1.54) is 10.4 Å². The van der Waals surface area contributed by atoms with Gasteiger partial charge in [-0.1, -0.05) is 0 Å². The van der Waals surface area contributed by atoms with Crippen LogP contribution in [0.15, 0.2) is 21.9 Å². The molecule has 1 aliphatic heterocycles. The molecule has 0 aromatic heterocycles. The van der Waals surface area contributed by atoms with Gasteiger partial charge in [0.2, 0.25) is 10.0 Å². The Balaban J connectivity index is 2.59. The van der Waals surface area contributed by atoms with Gasteiger partial charge in [0.1, 0.15) is 0 Å². The number of hydrogen-bond acceptors (Lipinski definition) is 5. The fourth-order valence-electron chi connectivity index (χ4n) is 3.14. The van der Waals surface area contributed by atoms with Gasteiger partial charge in [-0.2, -0.15) is 4.31 Å². The molecular formula is C15H24N2O4S2. The molecule has 1 fully saturated rings. The molecular weight excluding hydrogens is 336 g/mol. The van der Waals surface area contributed by atoms with E-state index < -0.39 is 19.9 Å². The summed E-state index contributed by atoms with van der Waals surface area (Å²) in [5.74, 6) is 0. The zero-order valence-electron chi connectivity index (χ0n) is 14.0. The van der Waals surface area contributed by atoms with E-state index >= 15 is 0 Å². The van der Waals surface area contributed by atoms with Crippen molar-refractivity contribution in [3.63, 3.8) is 0 Å². The first-order valence-corrected chi connectivity index (χ1v) is 10.9. The Kier molecular flexibility index (Phi) is 5.20. The van der Waals surface area contributed by atoms with Gasteiger partial charge in [-0.05, 0) is 57.0 Å². The molecule has 1 aromatic carbocycles. The Morgan fingerprint density at radius 2 is 1.78 bits per heavy atom. The van der Waals surface area contributed by atoms with Crippen LogP contribution < -0.4 is 5.32 Å².